The van der Waals surface area contributed by atoms with Crippen LogP contribution >= 0.6 is 0 Å². The van der Waals surface area contributed by atoms with Crippen molar-refractivity contribution in [2.45, 2.75) is 38.9 Å². The van der Waals surface area contributed by atoms with Gasteiger partial charge in [-0.25, -0.2) is 4.99 Å². The third kappa shape index (κ3) is 4.83. The van der Waals surface area contributed by atoms with Crippen LogP contribution in [0.25, 0.3) is 0 Å². The number of hydrogen-bond acceptors (Lipinski definition) is 2. The molecule has 0 saturated carbocycles. The van der Waals surface area contributed by atoms with E-state index in [-0.39, 0.29) is 6.10 Å². The lowest BCUT2D eigenvalue weighted by molar-refractivity contribution is 0.0586. The van der Waals surface area contributed by atoms with Gasteiger partial charge in [0.2, 0.25) is 0 Å². The largest absolute Gasteiger partial charge is 0.373 e. The second-order valence-electron chi connectivity index (χ2n) is 4.19. The van der Waals surface area contributed by atoms with Crippen molar-refractivity contribution in [2.24, 2.45) is 10.7 Å². The molecule has 1 aliphatic heterocycles. The van der Waals surface area contributed by atoms with Gasteiger partial charge >= 0.3 is 0 Å². The molecule has 0 aliphatic carbocycles. The summed E-state index contributed by atoms with van der Waals surface area (Å²) in [6.07, 6.45) is 2.89. The number of aliphatic imine (C=N–C) groups is 1. The van der Waals surface area contributed by atoms with Gasteiger partial charge in [0.1, 0.15) is 0 Å². The predicted molar refractivity (Wildman–Crippen MR) is 62.9 cm³/mol. The molecule has 1 rings (SSSR count). The van der Waals surface area contributed by atoms with Crippen LogP contribution in [-0.4, -0.2) is 31.3 Å². The molecule has 1 saturated heterocycles. The topological polar surface area (TPSA) is 59.6 Å². The number of nitrogens with one attached hydrogen (secondary N) is 1. The first kappa shape index (κ1) is 12.0. The minimum atomic E-state index is 0.276. The van der Waals surface area contributed by atoms with Crippen molar-refractivity contribution >= 4 is 5.96 Å². The van der Waals surface area contributed by atoms with E-state index in [1.807, 2.05) is 6.92 Å². The van der Waals surface area contributed by atoms with Crippen LogP contribution in [0.15, 0.2) is 17.1 Å². The molecule has 0 spiro atoms. The highest BCUT2D eigenvalue weighted by atomic mass is 16.5. The summed E-state index contributed by atoms with van der Waals surface area (Å²) >= 11 is 0. The van der Waals surface area contributed by atoms with Crippen LogP contribution < -0.4 is 11.1 Å². The molecule has 0 aromatic rings. The minimum Gasteiger partial charge on any atom is -0.373 e. The maximum atomic E-state index is 5.68. The maximum Gasteiger partial charge on any atom is 0.188 e. The van der Waals surface area contributed by atoms with Gasteiger partial charge in [0.25, 0.3) is 0 Å². The van der Waals surface area contributed by atoms with E-state index in [0.29, 0.717) is 18.6 Å². The van der Waals surface area contributed by atoms with Gasteiger partial charge in [-0.15, -0.1) is 0 Å². The Morgan fingerprint density at radius 2 is 2.33 bits per heavy atom. The van der Waals surface area contributed by atoms with Crippen molar-refractivity contribution < 1.29 is 4.74 Å². The smallest absolute Gasteiger partial charge is 0.188 e. The van der Waals surface area contributed by atoms with E-state index >= 15 is 0 Å². The number of nitrogens with two attached hydrogens (primary N) is 1. The molecular weight excluding hydrogens is 190 g/mol. The predicted octanol–water partition coefficient (Wildman–Crippen LogP) is 1.03. The highest BCUT2D eigenvalue weighted by molar-refractivity contribution is 5.77. The fourth-order valence-corrected chi connectivity index (χ4v) is 1.53. The molecule has 4 heteroatoms. The molecule has 0 bridgehead atoms. The first-order valence-electron chi connectivity index (χ1n) is 5.41. The summed E-state index contributed by atoms with van der Waals surface area (Å²) in [6.45, 7) is 9.11. The Balaban J connectivity index is 2.19. The van der Waals surface area contributed by atoms with E-state index in [1.54, 1.807) is 0 Å². The van der Waals surface area contributed by atoms with Crippen LogP contribution in [0.4, 0.5) is 0 Å². The molecule has 15 heavy (non-hydrogen) atoms. The number of ether oxygens (including phenoxy) is 1. The first-order valence-corrected chi connectivity index (χ1v) is 5.41. The van der Waals surface area contributed by atoms with Crippen LogP contribution in [0.3, 0.4) is 0 Å². The van der Waals surface area contributed by atoms with Crippen molar-refractivity contribution in [3.8, 4) is 0 Å². The van der Waals surface area contributed by atoms with Crippen molar-refractivity contribution in [3.05, 3.63) is 12.2 Å². The monoisotopic (exact) mass is 211 g/mol. The number of guanidine groups is 1. The molecule has 3 N–H and O–H groups in total. The number of hydrogen-bond donors (Lipinski definition) is 2. The Labute approximate surface area is 91.6 Å². The summed E-state index contributed by atoms with van der Waals surface area (Å²) in [5.41, 5.74) is 6.68. The number of nitrogens with zero attached hydrogens (tertiary/aromatic N) is 1. The first-order chi connectivity index (χ1) is 7.08. The Kier molecular flexibility index (Phi) is 4.62. The molecule has 2 atom stereocenters. The van der Waals surface area contributed by atoms with Gasteiger partial charge in [-0.3, -0.25) is 0 Å². The normalized spacial score (nSPS) is 26.7. The molecule has 0 amide bonds. The molecule has 0 aromatic heterocycles. The summed E-state index contributed by atoms with van der Waals surface area (Å²) in [5.74, 6) is 0.473. The Morgan fingerprint density at radius 1 is 1.60 bits per heavy atom. The van der Waals surface area contributed by atoms with Gasteiger partial charge in [0, 0.05) is 6.54 Å². The van der Waals surface area contributed by atoms with Crippen LogP contribution in [0.5, 0.6) is 0 Å². The zero-order valence-electron chi connectivity index (χ0n) is 9.62. The maximum absolute atomic E-state index is 5.68. The third-order valence-corrected chi connectivity index (χ3v) is 2.35. The summed E-state index contributed by atoms with van der Waals surface area (Å²) in [4.78, 5) is 4.13. The minimum absolute atomic E-state index is 0.276. The number of rotatable bonds is 4. The van der Waals surface area contributed by atoms with Crippen molar-refractivity contribution in [1.29, 1.82) is 0 Å². The zero-order chi connectivity index (χ0) is 11.3. The summed E-state index contributed by atoms with van der Waals surface area (Å²) in [6, 6.07) is 0. The molecule has 1 fully saturated rings. The standard InChI is InChI=1S/C11H21N3O/c1-8(2)6-13-11(12)14-7-10-5-4-9(3)15-10/h9-10H,1,4-7H2,2-3H3,(H3,12,13,14). The average Bonchev–Trinajstić information content (AvgIpc) is 2.58. The van der Waals surface area contributed by atoms with E-state index < -0.39 is 0 Å². The van der Waals surface area contributed by atoms with Gasteiger partial charge in [-0.05, 0) is 26.7 Å². The zero-order valence-corrected chi connectivity index (χ0v) is 9.62. The van der Waals surface area contributed by atoms with Crippen LogP contribution in [0.2, 0.25) is 0 Å². The van der Waals surface area contributed by atoms with E-state index in [4.69, 9.17) is 10.5 Å². The van der Waals surface area contributed by atoms with E-state index in [2.05, 4.69) is 23.8 Å². The van der Waals surface area contributed by atoms with Crippen molar-refractivity contribution in [2.75, 3.05) is 13.1 Å². The summed E-state index contributed by atoms with van der Waals surface area (Å²) in [7, 11) is 0. The Morgan fingerprint density at radius 3 is 2.87 bits per heavy atom. The molecule has 4 nitrogen and oxygen atoms in total. The van der Waals surface area contributed by atoms with Gasteiger partial charge in [-0.1, -0.05) is 12.2 Å². The van der Waals surface area contributed by atoms with Crippen LogP contribution in [0, 0.1) is 0 Å². The Bertz CT molecular complexity index is 250. The lowest BCUT2D eigenvalue weighted by Crippen LogP contribution is -2.37. The summed E-state index contributed by atoms with van der Waals surface area (Å²) in [5, 5.41) is 3.06. The van der Waals surface area contributed by atoms with Crippen molar-refractivity contribution in [1.82, 2.24) is 5.32 Å². The van der Waals surface area contributed by atoms with Crippen LogP contribution in [0.1, 0.15) is 26.7 Å². The second-order valence-corrected chi connectivity index (χ2v) is 4.19. The molecule has 1 heterocycles. The van der Waals surface area contributed by atoms with E-state index in [1.165, 1.54) is 0 Å². The summed E-state index contributed by atoms with van der Waals surface area (Å²) < 4.78 is 5.65. The molecule has 0 radical (unpaired) electrons. The van der Waals surface area contributed by atoms with Gasteiger partial charge in [0.15, 0.2) is 5.96 Å². The highest BCUT2D eigenvalue weighted by Gasteiger charge is 2.21. The molecular formula is C11H21N3O. The molecule has 1 aliphatic rings. The third-order valence-electron chi connectivity index (χ3n) is 2.35. The SMILES string of the molecule is C=C(C)CN=C(N)NCC1CCC(C)O1. The molecule has 0 aromatic carbocycles. The Hall–Kier alpha value is -1.03. The van der Waals surface area contributed by atoms with Gasteiger partial charge in [-0.2, -0.15) is 0 Å². The van der Waals surface area contributed by atoms with Gasteiger partial charge in [0.05, 0.1) is 18.8 Å². The van der Waals surface area contributed by atoms with Gasteiger partial charge < -0.3 is 15.8 Å². The highest BCUT2D eigenvalue weighted by Crippen LogP contribution is 2.17. The molecule has 86 valence electrons. The van der Waals surface area contributed by atoms with E-state index in [0.717, 1.165) is 25.0 Å². The fourth-order valence-electron chi connectivity index (χ4n) is 1.53. The lowest BCUT2D eigenvalue weighted by atomic mass is 10.2. The second kappa shape index (κ2) is 5.75. The quantitative estimate of drug-likeness (QED) is 0.415. The van der Waals surface area contributed by atoms with E-state index in [9.17, 15) is 0 Å². The van der Waals surface area contributed by atoms with Crippen molar-refractivity contribution in [3.63, 3.8) is 0 Å². The lowest BCUT2D eigenvalue weighted by Gasteiger charge is -2.12. The van der Waals surface area contributed by atoms with Crippen LogP contribution in [-0.2, 0) is 4.74 Å². The average molecular weight is 211 g/mol. The fraction of sp³-hybridized carbons (Fsp3) is 0.727. The molecule has 2 unspecified atom stereocenters.